The van der Waals surface area contributed by atoms with Crippen molar-refractivity contribution in [3.05, 3.63) is 39.9 Å². The Bertz CT molecular complexity index is 710. The molecule has 3 heterocycles. The fourth-order valence-corrected chi connectivity index (χ4v) is 4.15. The molecule has 0 saturated carbocycles. The van der Waals surface area contributed by atoms with E-state index >= 15 is 0 Å². The topological polar surface area (TPSA) is 51.2 Å². The fourth-order valence-electron chi connectivity index (χ4n) is 2.72. The second-order valence-electron chi connectivity index (χ2n) is 6.29. The van der Waals surface area contributed by atoms with Gasteiger partial charge in [-0.2, -0.15) is 0 Å². The molecule has 2 aromatic rings. The highest BCUT2D eigenvalue weighted by atomic mass is 127. The molecule has 0 radical (unpaired) electrons. The molecule has 1 N–H and O–H groups in total. The second-order valence-corrected chi connectivity index (χ2v) is 8.24. The Labute approximate surface area is 185 Å². The van der Waals surface area contributed by atoms with Crippen LogP contribution >= 0.6 is 46.7 Å². The van der Waals surface area contributed by atoms with Crippen LogP contribution in [0, 0.1) is 0 Å². The number of guanidine groups is 1. The number of hydrogen-bond donors (Lipinski definition) is 1. The predicted octanol–water partition coefficient (Wildman–Crippen LogP) is 2.78. The van der Waals surface area contributed by atoms with E-state index in [1.807, 2.05) is 6.07 Å². The van der Waals surface area contributed by atoms with E-state index in [1.54, 1.807) is 41.7 Å². The van der Waals surface area contributed by atoms with Gasteiger partial charge < -0.3 is 20.0 Å². The van der Waals surface area contributed by atoms with Gasteiger partial charge in [0.25, 0.3) is 0 Å². The average Bonchev–Trinajstić information content (AvgIpc) is 3.35. The largest absolute Gasteiger partial charge is 0.360 e. The number of amides is 1. The summed E-state index contributed by atoms with van der Waals surface area (Å²) in [5, 5.41) is 8.94. The lowest BCUT2D eigenvalue weighted by Gasteiger charge is -2.37. The van der Waals surface area contributed by atoms with Gasteiger partial charge in [0.1, 0.15) is 6.54 Å². The normalized spacial score (nSPS) is 14.7. The number of carbonyl (C=O) groups excluding carboxylic acids is 1. The van der Waals surface area contributed by atoms with Crippen molar-refractivity contribution in [3.63, 3.8) is 0 Å². The molecule has 1 fully saturated rings. The van der Waals surface area contributed by atoms with Crippen LogP contribution in [0.15, 0.2) is 40.0 Å². The van der Waals surface area contributed by atoms with Crippen LogP contribution in [0.1, 0.15) is 4.88 Å². The van der Waals surface area contributed by atoms with Crippen molar-refractivity contribution < 1.29 is 4.79 Å². The average molecular weight is 519 g/mol. The molecule has 27 heavy (non-hydrogen) atoms. The van der Waals surface area contributed by atoms with Gasteiger partial charge >= 0.3 is 0 Å². The summed E-state index contributed by atoms with van der Waals surface area (Å²) in [6, 6.07) is 8.41. The monoisotopic (exact) mass is 519 g/mol. The summed E-state index contributed by atoms with van der Waals surface area (Å²) in [6.07, 6.45) is 0. The number of aliphatic imine (C=N–C) groups is 1. The highest BCUT2D eigenvalue weighted by Gasteiger charge is 2.21. The maximum absolute atomic E-state index is 11.9. The van der Waals surface area contributed by atoms with Crippen LogP contribution < -0.4 is 10.2 Å². The molecule has 0 spiro atoms. The number of likely N-dealkylation sites (N-methyl/N-ethyl adjacent to an activating group) is 1. The maximum atomic E-state index is 11.9. The van der Waals surface area contributed by atoms with Gasteiger partial charge in [0.2, 0.25) is 5.91 Å². The second kappa shape index (κ2) is 10.9. The van der Waals surface area contributed by atoms with Gasteiger partial charge in [0.15, 0.2) is 5.96 Å². The molecule has 0 aromatic carbocycles. The van der Waals surface area contributed by atoms with Gasteiger partial charge in [-0.3, -0.25) is 4.79 Å². The zero-order chi connectivity index (χ0) is 18.4. The third-order valence-corrected chi connectivity index (χ3v) is 6.07. The molecular formula is C18H26IN5OS2. The van der Waals surface area contributed by atoms with Crippen LogP contribution in [0.4, 0.5) is 5.00 Å². The Kier molecular flexibility index (Phi) is 8.84. The number of carbonyl (C=O) groups is 1. The molecule has 1 saturated heterocycles. The molecule has 9 heteroatoms. The quantitative estimate of drug-likeness (QED) is 0.375. The number of thiophene rings is 2. The number of nitrogens with zero attached hydrogens (tertiary/aromatic N) is 4. The number of piperazine rings is 1. The number of rotatable bonds is 5. The van der Waals surface area contributed by atoms with Gasteiger partial charge in [-0.1, -0.05) is 6.07 Å². The molecule has 0 unspecified atom stereocenters. The summed E-state index contributed by atoms with van der Waals surface area (Å²) in [4.78, 5) is 24.0. The highest BCUT2D eigenvalue weighted by Crippen LogP contribution is 2.22. The van der Waals surface area contributed by atoms with Crippen LogP contribution in [0.3, 0.4) is 0 Å². The molecule has 2 aromatic heterocycles. The van der Waals surface area contributed by atoms with E-state index in [0.29, 0.717) is 0 Å². The Morgan fingerprint density at radius 1 is 1.15 bits per heavy atom. The first-order chi connectivity index (χ1) is 12.6. The van der Waals surface area contributed by atoms with Gasteiger partial charge in [-0.05, 0) is 29.0 Å². The van der Waals surface area contributed by atoms with Crippen LogP contribution in [0.5, 0.6) is 0 Å². The van der Waals surface area contributed by atoms with E-state index in [9.17, 15) is 4.79 Å². The standard InChI is InChI=1S/C18H25N5OS2.HI/c1-21(2)16(24)14-20-18(19-13-15-5-3-11-25-15)23-9-7-22(8-10-23)17-6-4-12-26-17;/h3-6,11-12H,7-10,13-14H2,1-2H3,(H,19,20);1H. The summed E-state index contributed by atoms with van der Waals surface area (Å²) < 4.78 is 0. The van der Waals surface area contributed by atoms with Crippen LogP contribution in [0.25, 0.3) is 0 Å². The summed E-state index contributed by atoms with van der Waals surface area (Å²) in [5.74, 6) is 0.831. The highest BCUT2D eigenvalue weighted by molar-refractivity contribution is 14.0. The van der Waals surface area contributed by atoms with Crippen molar-refractivity contribution in [2.45, 2.75) is 6.54 Å². The van der Waals surface area contributed by atoms with Gasteiger partial charge in [0.05, 0.1) is 11.5 Å². The SMILES string of the molecule is CN(C)C(=O)CN=C(NCc1cccs1)N1CCN(c2cccs2)CC1.I. The third-order valence-electron chi connectivity index (χ3n) is 4.26. The van der Waals surface area contributed by atoms with Crippen molar-refractivity contribution in [1.82, 2.24) is 15.1 Å². The Balaban J connectivity index is 0.00000261. The predicted molar refractivity (Wildman–Crippen MR) is 126 cm³/mol. The maximum Gasteiger partial charge on any atom is 0.243 e. The lowest BCUT2D eigenvalue weighted by atomic mass is 10.3. The first kappa shape index (κ1) is 22.0. The first-order valence-corrected chi connectivity index (χ1v) is 10.4. The van der Waals surface area contributed by atoms with Gasteiger partial charge in [-0.25, -0.2) is 4.99 Å². The van der Waals surface area contributed by atoms with E-state index in [0.717, 1.165) is 38.7 Å². The lowest BCUT2D eigenvalue weighted by Crippen LogP contribution is -2.52. The van der Waals surface area contributed by atoms with Gasteiger partial charge in [0, 0.05) is 45.2 Å². The fraction of sp³-hybridized carbons (Fsp3) is 0.444. The Morgan fingerprint density at radius 3 is 2.44 bits per heavy atom. The summed E-state index contributed by atoms with van der Waals surface area (Å²) in [5.41, 5.74) is 0. The smallest absolute Gasteiger partial charge is 0.243 e. The van der Waals surface area contributed by atoms with Crippen molar-refractivity contribution in [1.29, 1.82) is 0 Å². The van der Waals surface area contributed by atoms with E-state index in [2.05, 4.69) is 49.1 Å². The number of halogens is 1. The molecule has 0 bridgehead atoms. The zero-order valence-electron chi connectivity index (χ0n) is 15.6. The summed E-state index contributed by atoms with van der Waals surface area (Å²) >= 11 is 3.50. The van der Waals surface area contributed by atoms with E-state index < -0.39 is 0 Å². The Hall–Kier alpha value is -1.33. The summed E-state index contributed by atoms with van der Waals surface area (Å²) in [6.45, 7) is 4.61. The minimum absolute atomic E-state index is 0. The Morgan fingerprint density at radius 2 is 1.85 bits per heavy atom. The molecule has 3 rings (SSSR count). The zero-order valence-corrected chi connectivity index (χ0v) is 19.6. The van der Waals surface area contributed by atoms with Crippen molar-refractivity contribution in [2.24, 2.45) is 4.99 Å². The van der Waals surface area contributed by atoms with Crippen LogP contribution in [-0.4, -0.2) is 68.5 Å². The number of nitrogens with one attached hydrogen (secondary N) is 1. The van der Waals surface area contributed by atoms with Crippen molar-refractivity contribution >= 4 is 63.5 Å². The molecule has 1 aliphatic heterocycles. The van der Waals surface area contributed by atoms with Gasteiger partial charge in [-0.15, -0.1) is 46.7 Å². The molecule has 6 nitrogen and oxygen atoms in total. The minimum Gasteiger partial charge on any atom is -0.360 e. The lowest BCUT2D eigenvalue weighted by molar-refractivity contribution is -0.127. The molecule has 1 amide bonds. The van der Waals surface area contributed by atoms with Crippen molar-refractivity contribution in [2.75, 3.05) is 51.7 Å². The first-order valence-electron chi connectivity index (χ1n) is 8.68. The number of anilines is 1. The molecule has 148 valence electrons. The number of hydrogen-bond acceptors (Lipinski definition) is 5. The molecule has 0 aliphatic carbocycles. The van der Waals surface area contributed by atoms with Crippen LogP contribution in [-0.2, 0) is 11.3 Å². The minimum atomic E-state index is 0. The van der Waals surface area contributed by atoms with E-state index in [4.69, 9.17) is 0 Å². The molecule has 1 aliphatic rings. The third kappa shape index (κ3) is 6.35. The van der Waals surface area contributed by atoms with Crippen LogP contribution in [0.2, 0.25) is 0 Å². The summed E-state index contributed by atoms with van der Waals surface area (Å²) in [7, 11) is 3.52. The molecular weight excluding hydrogens is 493 g/mol. The van der Waals surface area contributed by atoms with E-state index in [-0.39, 0.29) is 36.4 Å². The van der Waals surface area contributed by atoms with Crippen molar-refractivity contribution in [3.8, 4) is 0 Å². The molecule has 0 atom stereocenters. The van der Waals surface area contributed by atoms with E-state index in [1.165, 1.54) is 9.88 Å².